The Hall–Kier alpha value is -1.77. The Morgan fingerprint density at radius 3 is 2.71 bits per heavy atom. The van der Waals surface area contributed by atoms with Crippen LogP contribution in [-0.2, 0) is 6.54 Å². The molecule has 0 spiro atoms. The predicted molar refractivity (Wildman–Crippen MR) is 56.5 cm³/mol. The zero-order valence-corrected chi connectivity index (χ0v) is 8.14. The molecule has 0 aliphatic carbocycles. The summed E-state index contributed by atoms with van der Waals surface area (Å²) in [5.41, 5.74) is 5.47. The summed E-state index contributed by atoms with van der Waals surface area (Å²) in [7, 11) is 0. The number of pyridine rings is 1. The zero-order valence-electron chi connectivity index (χ0n) is 8.14. The molecule has 3 heteroatoms. The average molecular weight is 187 g/mol. The number of aryl methyl sites for hydroxylation is 1. The minimum Gasteiger partial charge on any atom is -0.322 e. The Morgan fingerprint density at radius 2 is 2.07 bits per heavy atom. The first-order valence-electron chi connectivity index (χ1n) is 4.63. The maximum atomic E-state index is 4.23. The lowest BCUT2D eigenvalue weighted by Gasteiger charge is -2.06. The number of nitrogens with one attached hydrogen (secondary N) is 1. The Labute approximate surface area is 83.4 Å². The predicted octanol–water partition coefficient (Wildman–Crippen LogP) is 1.94. The molecule has 0 amide bonds. The molecule has 0 aromatic carbocycles. The Balaban J connectivity index is 1.95. The van der Waals surface area contributed by atoms with Crippen molar-refractivity contribution >= 4 is 0 Å². The minimum absolute atomic E-state index is 0.794. The van der Waals surface area contributed by atoms with Crippen molar-refractivity contribution in [3.63, 3.8) is 0 Å². The maximum Gasteiger partial charge on any atom is 0.0579 e. The molecule has 0 aliphatic rings. The molecule has 0 unspecified atom stereocenters. The molecule has 14 heavy (non-hydrogen) atoms. The van der Waals surface area contributed by atoms with Crippen LogP contribution < -0.4 is 5.43 Å². The molecule has 0 atom stereocenters. The van der Waals surface area contributed by atoms with Gasteiger partial charge in [-0.3, -0.25) is 9.66 Å². The van der Waals surface area contributed by atoms with Crippen molar-refractivity contribution in [2.45, 2.75) is 13.5 Å². The largest absolute Gasteiger partial charge is 0.322 e. The van der Waals surface area contributed by atoms with Crippen LogP contribution in [0.4, 0.5) is 0 Å². The van der Waals surface area contributed by atoms with Crippen LogP contribution in [0.3, 0.4) is 0 Å². The molecule has 72 valence electrons. The molecule has 1 N–H and O–H groups in total. The third kappa shape index (κ3) is 2.13. The van der Waals surface area contributed by atoms with E-state index in [1.54, 1.807) is 0 Å². The molecule has 0 bridgehead atoms. The van der Waals surface area contributed by atoms with E-state index in [1.165, 1.54) is 5.56 Å². The fourth-order valence-corrected chi connectivity index (χ4v) is 1.23. The summed E-state index contributed by atoms with van der Waals surface area (Å²) in [6.07, 6.45) is 5.84. The van der Waals surface area contributed by atoms with E-state index in [9.17, 15) is 0 Å². The second-order valence-corrected chi connectivity index (χ2v) is 3.23. The monoisotopic (exact) mass is 187 g/mol. The van der Waals surface area contributed by atoms with Crippen molar-refractivity contribution in [1.82, 2.24) is 9.66 Å². The summed E-state index contributed by atoms with van der Waals surface area (Å²) in [5.74, 6) is 0. The highest BCUT2D eigenvalue weighted by Gasteiger charge is 1.92. The van der Waals surface area contributed by atoms with E-state index < -0.39 is 0 Å². The average Bonchev–Trinajstić information content (AvgIpc) is 2.70. The Kier molecular flexibility index (Phi) is 2.49. The van der Waals surface area contributed by atoms with Gasteiger partial charge in [0.25, 0.3) is 0 Å². The zero-order chi connectivity index (χ0) is 9.80. The van der Waals surface area contributed by atoms with Crippen molar-refractivity contribution in [2.75, 3.05) is 5.43 Å². The molecule has 0 aliphatic heterocycles. The molecule has 2 rings (SSSR count). The van der Waals surface area contributed by atoms with Crippen molar-refractivity contribution in [3.05, 3.63) is 54.1 Å². The lowest BCUT2D eigenvalue weighted by Crippen LogP contribution is -2.11. The molecule has 3 nitrogen and oxygen atoms in total. The lowest BCUT2D eigenvalue weighted by molar-refractivity contribution is 0.843. The van der Waals surface area contributed by atoms with Crippen LogP contribution in [0.5, 0.6) is 0 Å². The van der Waals surface area contributed by atoms with Crippen LogP contribution in [0.25, 0.3) is 0 Å². The van der Waals surface area contributed by atoms with E-state index in [0.717, 1.165) is 12.2 Å². The molecular weight excluding hydrogens is 174 g/mol. The van der Waals surface area contributed by atoms with Gasteiger partial charge in [0.05, 0.1) is 6.54 Å². The highest BCUT2D eigenvalue weighted by molar-refractivity contribution is 5.14. The van der Waals surface area contributed by atoms with Crippen LogP contribution in [0, 0.1) is 6.92 Å². The Morgan fingerprint density at radius 1 is 1.29 bits per heavy atom. The summed E-state index contributed by atoms with van der Waals surface area (Å²) in [6, 6.07) is 8.08. The van der Waals surface area contributed by atoms with Crippen molar-refractivity contribution in [3.8, 4) is 0 Å². The summed E-state index contributed by atoms with van der Waals surface area (Å²) >= 11 is 0. The first-order chi connectivity index (χ1) is 6.84. The van der Waals surface area contributed by atoms with Crippen LogP contribution in [0.2, 0.25) is 0 Å². The van der Waals surface area contributed by atoms with Crippen LogP contribution in [0.1, 0.15) is 11.3 Å². The summed E-state index contributed by atoms with van der Waals surface area (Å²) in [4.78, 5) is 4.23. The van der Waals surface area contributed by atoms with Crippen LogP contribution in [0.15, 0.2) is 42.9 Å². The second kappa shape index (κ2) is 3.96. The number of nitrogens with zero attached hydrogens (tertiary/aromatic N) is 2. The van der Waals surface area contributed by atoms with E-state index >= 15 is 0 Å². The second-order valence-electron chi connectivity index (χ2n) is 3.23. The van der Waals surface area contributed by atoms with E-state index in [2.05, 4.69) is 16.5 Å². The first kappa shape index (κ1) is 8.81. The molecule has 2 aromatic rings. The van der Waals surface area contributed by atoms with Crippen molar-refractivity contribution < 1.29 is 0 Å². The highest BCUT2D eigenvalue weighted by Crippen LogP contribution is 1.99. The van der Waals surface area contributed by atoms with Gasteiger partial charge < -0.3 is 5.43 Å². The Bertz CT molecular complexity index is 375. The van der Waals surface area contributed by atoms with Gasteiger partial charge in [0.1, 0.15) is 0 Å². The van der Waals surface area contributed by atoms with Gasteiger partial charge >= 0.3 is 0 Å². The van der Waals surface area contributed by atoms with E-state index in [0.29, 0.717) is 0 Å². The van der Waals surface area contributed by atoms with E-state index in [-0.39, 0.29) is 0 Å². The summed E-state index contributed by atoms with van der Waals surface area (Å²) < 4.78 is 1.93. The molecule has 2 aromatic heterocycles. The fraction of sp³-hybridized carbons (Fsp3) is 0.182. The van der Waals surface area contributed by atoms with Gasteiger partial charge in [-0.1, -0.05) is 6.07 Å². The summed E-state index contributed by atoms with van der Waals surface area (Å²) in [5, 5.41) is 0. The van der Waals surface area contributed by atoms with Crippen molar-refractivity contribution in [2.24, 2.45) is 0 Å². The molecule has 0 fully saturated rings. The molecule has 0 radical (unpaired) electrons. The van der Waals surface area contributed by atoms with Gasteiger partial charge in [-0.15, -0.1) is 0 Å². The number of aromatic nitrogens is 2. The third-order valence-corrected chi connectivity index (χ3v) is 2.04. The van der Waals surface area contributed by atoms with E-state index in [4.69, 9.17) is 0 Å². The number of hydrogen-bond acceptors (Lipinski definition) is 2. The lowest BCUT2D eigenvalue weighted by atomic mass is 10.2. The third-order valence-electron chi connectivity index (χ3n) is 2.04. The SMILES string of the molecule is Cc1ccc(CNn2cccc2)cn1. The normalized spacial score (nSPS) is 10.1. The fourth-order valence-electron chi connectivity index (χ4n) is 1.23. The first-order valence-corrected chi connectivity index (χ1v) is 4.63. The van der Waals surface area contributed by atoms with Gasteiger partial charge in [-0.25, -0.2) is 0 Å². The molecule has 0 saturated carbocycles. The topological polar surface area (TPSA) is 29.9 Å². The van der Waals surface area contributed by atoms with Gasteiger partial charge in [-0.2, -0.15) is 0 Å². The van der Waals surface area contributed by atoms with Gasteiger partial charge in [-0.05, 0) is 30.7 Å². The molecule has 0 saturated heterocycles. The van der Waals surface area contributed by atoms with Gasteiger partial charge in [0, 0.05) is 24.3 Å². The van der Waals surface area contributed by atoms with Crippen LogP contribution in [-0.4, -0.2) is 9.66 Å². The molecule has 2 heterocycles. The highest BCUT2D eigenvalue weighted by atomic mass is 15.4. The van der Waals surface area contributed by atoms with E-state index in [1.807, 2.05) is 48.4 Å². The maximum absolute atomic E-state index is 4.23. The smallest absolute Gasteiger partial charge is 0.0579 e. The van der Waals surface area contributed by atoms with Gasteiger partial charge in [0.15, 0.2) is 0 Å². The number of hydrogen-bond donors (Lipinski definition) is 1. The summed E-state index contributed by atoms with van der Waals surface area (Å²) in [6.45, 7) is 2.78. The molecular formula is C11H13N3. The number of rotatable bonds is 3. The van der Waals surface area contributed by atoms with Crippen LogP contribution >= 0.6 is 0 Å². The quantitative estimate of drug-likeness (QED) is 0.795. The van der Waals surface area contributed by atoms with Crippen molar-refractivity contribution in [1.29, 1.82) is 0 Å². The standard InChI is InChI=1S/C11H13N3/c1-10-4-5-11(8-12-10)9-13-14-6-2-3-7-14/h2-8,13H,9H2,1H3. The van der Waals surface area contributed by atoms with Gasteiger partial charge in [0.2, 0.25) is 0 Å². The minimum atomic E-state index is 0.794.